The van der Waals surface area contributed by atoms with Crippen molar-refractivity contribution in [1.82, 2.24) is 4.57 Å². The molecule has 2 aliphatic rings. The molecule has 0 aromatic rings. The van der Waals surface area contributed by atoms with Gasteiger partial charge in [0, 0.05) is 35.1 Å². The largest absolute Gasteiger partial charge is 0.350 e. The third kappa shape index (κ3) is 1.88. The molecule has 0 saturated heterocycles. The van der Waals surface area contributed by atoms with E-state index in [1.165, 1.54) is 0 Å². The molecule has 0 radical (unpaired) electrons. The fourth-order valence-electron chi connectivity index (χ4n) is 1.98. The van der Waals surface area contributed by atoms with Crippen LogP contribution in [0.3, 0.4) is 0 Å². The van der Waals surface area contributed by atoms with E-state index in [-0.39, 0.29) is 0 Å². The van der Waals surface area contributed by atoms with Gasteiger partial charge in [-0.05, 0) is 18.9 Å². The molecular formula is C14H15NO2. The van der Waals surface area contributed by atoms with E-state index in [0.29, 0.717) is 17.2 Å². The highest BCUT2D eigenvalue weighted by Gasteiger charge is 2.15. The Hall–Kier alpha value is -1.90. The fourth-order valence-corrected chi connectivity index (χ4v) is 1.98. The number of hydrogen-bond acceptors (Lipinski definition) is 2. The summed E-state index contributed by atoms with van der Waals surface area (Å²) in [5, 5.41) is 0. The molecule has 0 aromatic heterocycles. The van der Waals surface area contributed by atoms with Crippen molar-refractivity contribution in [1.29, 1.82) is 0 Å². The molecule has 0 saturated carbocycles. The van der Waals surface area contributed by atoms with E-state index in [9.17, 15) is 9.59 Å². The molecule has 1 atom stereocenters. The molecule has 0 fully saturated rings. The van der Waals surface area contributed by atoms with Gasteiger partial charge in [-0.15, -0.1) is 0 Å². The third-order valence-electron chi connectivity index (χ3n) is 3.26. The monoisotopic (exact) mass is 229 g/mol. The van der Waals surface area contributed by atoms with Gasteiger partial charge in [-0.2, -0.15) is 0 Å². The molecule has 0 spiro atoms. The van der Waals surface area contributed by atoms with Crippen LogP contribution in [0.5, 0.6) is 0 Å². The van der Waals surface area contributed by atoms with Crippen molar-refractivity contribution in [2.45, 2.75) is 26.3 Å². The SMILES string of the molecule is CCC(C)n1cc(C=O)c2ccc(C=O)c-2c1. The van der Waals surface area contributed by atoms with E-state index in [2.05, 4.69) is 13.8 Å². The van der Waals surface area contributed by atoms with E-state index < -0.39 is 0 Å². The zero-order valence-corrected chi connectivity index (χ0v) is 10.0. The zero-order chi connectivity index (χ0) is 12.4. The lowest BCUT2D eigenvalue weighted by Gasteiger charge is -2.17. The van der Waals surface area contributed by atoms with Crippen molar-refractivity contribution >= 4 is 12.6 Å². The standard InChI is InChI=1S/C14H15NO2/c1-3-10(2)15-6-12(9-17)13-5-4-11(8-16)14(13)7-15/h4-10H,3H2,1-2H3. The first-order valence-corrected chi connectivity index (χ1v) is 5.75. The van der Waals surface area contributed by atoms with Crippen LogP contribution < -0.4 is 0 Å². The third-order valence-corrected chi connectivity index (χ3v) is 3.26. The van der Waals surface area contributed by atoms with Crippen LogP contribution in [0, 0.1) is 0 Å². The normalized spacial score (nSPS) is 12.6. The Labute approximate surface area is 100 Å². The Morgan fingerprint density at radius 1 is 1.12 bits per heavy atom. The lowest BCUT2D eigenvalue weighted by Crippen LogP contribution is -2.07. The van der Waals surface area contributed by atoms with Gasteiger partial charge < -0.3 is 4.57 Å². The fraction of sp³-hybridized carbons (Fsp3) is 0.286. The molecule has 0 N–H and O–H groups in total. The van der Waals surface area contributed by atoms with E-state index in [0.717, 1.165) is 30.1 Å². The predicted molar refractivity (Wildman–Crippen MR) is 66.8 cm³/mol. The summed E-state index contributed by atoms with van der Waals surface area (Å²) in [6.07, 6.45) is 6.44. The number of pyridine rings is 1. The van der Waals surface area contributed by atoms with Crippen LogP contribution in [0.15, 0.2) is 24.5 Å². The lowest BCUT2D eigenvalue weighted by atomic mass is 10.0. The molecular weight excluding hydrogens is 214 g/mol. The van der Waals surface area contributed by atoms with Gasteiger partial charge in [-0.1, -0.05) is 19.1 Å². The molecule has 1 aliphatic carbocycles. The van der Waals surface area contributed by atoms with Crippen molar-refractivity contribution in [3.05, 3.63) is 35.7 Å². The smallest absolute Gasteiger partial charge is 0.152 e. The molecule has 88 valence electrons. The second-order valence-electron chi connectivity index (χ2n) is 4.27. The summed E-state index contributed by atoms with van der Waals surface area (Å²) >= 11 is 0. The summed E-state index contributed by atoms with van der Waals surface area (Å²) in [4.78, 5) is 22.0. The van der Waals surface area contributed by atoms with Crippen LogP contribution in [0.25, 0.3) is 11.1 Å². The second kappa shape index (κ2) is 4.53. The van der Waals surface area contributed by atoms with Gasteiger partial charge in [0.25, 0.3) is 0 Å². The number of carbonyl (C=O) groups is 2. The summed E-state index contributed by atoms with van der Waals surface area (Å²) < 4.78 is 2.00. The van der Waals surface area contributed by atoms with Gasteiger partial charge in [0.1, 0.15) is 0 Å². The number of rotatable bonds is 4. The first-order valence-electron chi connectivity index (χ1n) is 5.75. The summed E-state index contributed by atoms with van der Waals surface area (Å²) in [7, 11) is 0. The van der Waals surface area contributed by atoms with Crippen LogP contribution in [0.4, 0.5) is 0 Å². The van der Waals surface area contributed by atoms with Crippen molar-refractivity contribution < 1.29 is 9.59 Å². The van der Waals surface area contributed by atoms with E-state index in [1.807, 2.05) is 23.0 Å². The van der Waals surface area contributed by atoms with Crippen molar-refractivity contribution in [3.8, 4) is 11.1 Å². The molecule has 3 nitrogen and oxygen atoms in total. The maximum Gasteiger partial charge on any atom is 0.152 e. The summed E-state index contributed by atoms with van der Waals surface area (Å²) in [5.41, 5.74) is 2.98. The first-order chi connectivity index (χ1) is 8.21. The van der Waals surface area contributed by atoms with E-state index in [4.69, 9.17) is 0 Å². The van der Waals surface area contributed by atoms with E-state index >= 15 is 0 Å². The average Bonchev–Trinajstić information content (AvgIpc) is 2.79. The Morgan fingerprint density at radius 2 is 1.82 bits per heavy atom. The number of nitrogens with zero attached hydrogens (tertiary/aromatic N) is 1. The molecule has 1 unspecified atom stereocenters. The Balaban J connectivity index is 2.67. The topological polar surface area (TPSA) is 39.1 Å². The number of aldehydes is 2. The number of hydrogen-bond donors (Lipinski definition) is 0. The van der Waals surface area contributed by atoms with Crippen LogP contribution in [-0.2, 0) is 0 Å². The molecule has 0 amide bonds. The number of fused-ring (bicyclic) bond motifs is 1. The van der Waals surface area contributed by atoms with Gasteiger partial charge in [-0.3, -0.25) is 9.59 Å². The Morgan fingerprint density at radius 3 is 2.41 bits per heavy atom. The highest BCUT2D eigenvalue weighted by atomic mass is 16.1. The number of aromatic nitrogens is 1. The predicted octanol–water partition coefficient (Wildman–Crippen LogP) is 3.19. The Bertz CT molecular complexity index is 527. The van der Waals surface area contributed by atoms with Crippen LogP contribution >= 0.6 is 0 Å². The number of carbonyl (C=O) groups excluding carboxylic acids is 2. The van der Waals surface area contributed by atoms with Crippen molar-refractivity contribution in [2.75, 3.05) is 0 Å². The molecule has 3 heteroatoms. The minimum absolute atomic E-state index is 0.313. The summed E-state index contributed by atoms with van der Waals surface area (Å²) in [5.74, 6) is 0. The van der Waals surface area contributed by atoms with Crippen LogP contribution in [0.2, 0.25) is 0 Å². The van der Waals surface area contributed by atoms with Gasteiger partial charge >= 0.3 is 0 Å². The second-order valence-corrected chi connectivity index (χ2v) is 4.27. The maximum absolute atomic E-state index is 11.1. The Kier molecular flexibility index (Phi) is 3.09. The van der Waals surface area contributed by atoms with Gasteiger partial charge in [0.05, 0.1) is 0 Å². The highest BCUT2D eigenvalue weighted by molar-refractivity contribution is 5.96. The zero-order valence-electron chi connectivity index (χ0n) is 10.0. The molecule has 0 bridgehead atoms. The van der Waals surface area contributed by atoms with Gasteiger partial charge in [0.2, 0.25) is 0 Å². The van der Waals surface area contributed by atoms with Gasteiger partial charge in [-0.25, -0.2) is 0 Å². The summed E-state index contributed by atoms with van der Waals surface area (Å²) in [6, 6.07) is 3.89. The first kappa shape index (κ1) is 11.6. The van der Waals surface area contributed by atoms with Crippen molar-refractivity contribution in [3.63, 3.8) is 0 Å². The average molecular weight is 229 g/mol. The minimum atomic E-state index is 0.313. The van der Waals surface area contributed by atoms with Crippen LogP contribution in [0.1, 0.15) is 47.0 Å². The highest BCUT2D eigenvalue weighted by Crippen LogP contribution is 2.30. The molecule has 17 heavy (non-hydrogen) atoms. The molecule has 0 aromatic carbocycles. The van der Waals surface area contributed by atoms with E-state index in [1.54, 1.807) is 6.07 Å². The molecule has 1 aliphatic heterocycles. The maximum atomic E-state index is 11.1. The molecule has 1 heterocycles. The van der Waals surface area contributed by atoms with Crippen molar-refractivity contribution in [2.24, 2.45) is 0 Å². The summed E-state index contributed by atoms with van der Waals surface area (Å²) in [6.45, 7) is 4.18. The van der Waals surface area contributed by atoms with Gasteiger partial charge in [0.15, 0.2) is 12.6 Å². The van der Waals surface area contributed by atoms with Crippen LogP contribution in [-0.4, -0.2) is 17.1 Å². The molecule has 2 rings (SSSR count). The lowest BCUT2D eigenvalue weighted by molar-refractivity contribution is 0.111. The quantitative estimate of drug-likeness (QED) is 0.755. The minimum Gasteiger partial charge on any atom is -0.350 e.